The molecular weight excluding hydrogens is 176 g/mol. The molecular formula is C11H14N2O. The number of hydrogen-bond acceptors (Lipinski definition) is 2. The third kappa shape index (κ3) is 1.35. The van der Waals surface area contributed by atoms with E-state index in [2.05, 4.69) is 18.8 Å². The number of aryl methyl sites for hydroxylation is 1. The van der Waals surface area contributed by atoms with Gasteiger partial charge in [0.25, 0.3) is 0 Å². The number of aromatic hydroxyl groups is 1. The number of pyridine rings is 1. The Balaban J connectivity index is 2.70. The molecule has 0 aliphatic heterocycles. The fourth-order valence-electron chi connectivity index (χ4n) is 1.52. The standard InChI is InChI=1S/C11H14N2O/c1-7(2)9-6-13-5-8(3)4-10(14)11(13)12-9/h4-7,14H,1-3H3. The molecule has 2 aromatic rings. The summed E-state index contributed by atoms with van der Waals surface area (Å²) in [5, 5.41) is 9.66. The summed E-state index contributed by atoms with van der Waals surface area (Å²) in [5.41, 5.74) is 2.67. The van der Waals surface area contributed by atoms with Crippen LogP contribution in [0.3, 0.4) is 0 Å². The van der Waals surface area contributed by atoms with Gasteiger partial charge >= 0.3 is 0 Å². The number of aromatic nitrogens is 2. The second kappa shape index (κ2) is 3.01. The van der Waals surface area contributed by atoms with Crippen molar-refractivity contribution in [3.8, 4) is 5.75 Å². The van der Waals surface area contributed by atoms with Gasteiger partial charge in [-0.1, -0.05) is 13.8 Å². The SMILES string of the molecule is Cc1cc(O)c2nc(C(C)C)cn2c1. The molecule has 0 atom stereocenters. The Morgan fingerprint density at radius 2 is 2.07 bits per heavy atom. The highest BCUT2D eigenvalue weighted by atomic mass is 16.3. The summed E-state index contributed by atoms with van der Waals surface area (Å²) < 4.78 is 1.88. The van der Waals surface area contributed by atoms with Crippen LogP contribution < -0.4 is 0 Å². The maximum absolute atomic E-state index is 9.66. The van der Waals surface area contributed by atoms with Crippen LogP contribution in [-0.4, -0.2) is 14.5 Å². The molecule has 0 fully saturated rings. The lowest BCUT2D eigenvalue weighted by Crippen LogP contribution is -1.84. The van der Waals surface area contributed by atoms with E-state index in [1.54, 1.807) is 6.07 Å². The van der Waals surface area contributed by atoms with E-state index < -0.39 is 0 Å². The van der Waals surface area contributed by atoms with Crippen molar-refractivity contribution in [2.24, 2.45) is 0 Å². The zero-order chi connectivity index (χ0) is 10.3. The van der Waals surface area contributed by atoms with E-state index in [9.17, 15) is 5.11 Å². The van der Waals surface area contributed by atoms with Gasteiger partial charge in [-0.3, -0.25) is 0 Å². The number of fused-ring (bicyclic) bond motifs is 1. The lowest BCUT2D eigenvalue weighted by atomic mass is 10.2. The zero-order valence-corrected chi connectivity index (χ0v) is 8.65. The Kier molecular flexibility index (Phi) is 1.95. The fraction of sp³-hybridized carbons (Fsp3) is 0.364. The first-order chi connectivity index (χ1) is 6.58. The third-order valence-corrected chi connectivity index (χ3v) is 2.28. The highest BCUT2D eigenvalue weighted by Gasteiger charge is 2.08. The number of nitrogens with zero attached hydrogens (tertiary/aromatic N) is 2. The van der Waals surface area contributed by atoms with Crippen molar-refractivity contribution in [1.29, 1.82) is 0 Å². The molecule has 0 aliphatic rings. The second-order valence-corrected chi connectivity index (χ2v) is 3.95. The molecule has 0 spiro atoms. The predicted molar refractivity (Wildman–Crippen MR) is 55.7 cm³/mol. The molecule has 2 heterocycles. The van der Waals surface area contributed by atoms with E-state index in [1.165, 1.54) is 0 Å². The van der Waals surface area contributed by atoms with Gasteiger partial charge in [-0.2, -0.15) is 0 Å². The Bertz CT molecular complexity index is 471. The lowest BCUT2D eigenvalue weighted by Gasteiger charge is -1.97. The average Bonchev–Trinajstić information content (AvgIpc) is 2.47. The number of imidazole rings is 1. The Labute approximate surface area is 83.0 Å². The van der Waals surface area contributed by atoms with Crippen molar-refractivity contribution < 1.29 is 5.11 Å². The van der Waals surface area contributed by atoms with Gasteiger partial charge in [-0.15, -0.1) is 0 Å². The number of rotatable bonds is 1. The zero-order valence-electron chi connectivity index (χ0n) is 8.65. The van der Waals surface area contributed by atoms with Crippen LogP contribution in [0.5, 0.6) is 5.75 Å². The van der Waals surface area contributed by atoms with Crippen LogP contribution >= 0.6 is 0 Å². The minimum absolute atomic E-state index is 0.247. The molecule has 0 aliphatic carbocycles. The highest BCUT2D eigenvalue weighted by Crippen LogP contribution is 2.22. The second-order valence-electron chi connectivity index (χ2n) is 3.95. The normalized spacial score (nSPS) is 11.4. The van der Waals surface area contributed by atoms with Crippen molar-refractivity contribution in [3.05, 3.63) is 29.7 Å². The molecule has 1 N–H and O–H groups in total. The van der Waals surface area contributed by atoms with Gasteiger partial charge in [0.15, 0.2) is 11.4 Å². The van der Waals surface area contributed by atoms with Crippen molar-refractivity contribution in [3.63, 3.8) is 0 Å². The summed E-state index contributed by atoms with van der Waals surface area (Å²) in [6.45, 7) is 6.13. The fourth-order valence-corrected chi connectivity index (χ4v) is 1.52. The van der Waals surface area contributed by atoms with E-state index in [1.807, 2.05) is 23.7 Å². The predicted octanol–water partition coefficient (Wildman–Crippen LogP) is 2.47. The van der Waals surface area contributed by atoms with Crippen LogP contribution in [0, 0.1) is 6.92 Å². The minimum Gasteiger partial charge on any atom is -0.504 e. The molecule has 0 amide bonds. The van der Waals surface area contributed by atoms with E-state index in [-0.39, 0.29) is 5.75 Å². The molecule has 3 heteroatoms. The van der Waals surface area contributed by atoms with E-state index in [4.69, 9.17) is 0 Å². The summed E-state index contributed by atoms with van der Waals surface area (Å²) in [6, 6.07) is 1.73. The maximum Gasteiger partial charge on any atom is 0.179 e. The molecule has 0 bridgehead atoms. The summed E-state index contributed by atoms with van der Waals surface area (Å²) in [6.07, 6.45) is 3.93. The Morgan fingerprint density at radius 1 is 1.36 bits per heavy atom. The first-order valence-electron chi connectivity index (χ1n) is 4.76. The van der Waals surface area contributed by atoms with Crippen molar-refractivity contribution in [1.82, 2.24) is 9.38 Å². The smallest absolute Gasteiger partial charge is 0.179 e. The van der Waals surface area contributed by atoms with Gasteiger partial charge in [0.1, 0.15) is 0 Å². The molecule has 14 heavy (non-hydrogen) atoms. The Morgan fingerprint density at radius 3 is 2.71 bits per heavy atom. The lowest BCUT2D eigenvalue weighted by molar-refractivity contribution is 0.477. The van der Waals surface area contributed by atoms with Crippen LogP contribution in [0.4, 0.5) is 0 Å². The minimum atomic E-state index is 0.247. The van der Waals surface area contributed by atoms with Crippen LogP contribution in [0.2, 0.25) is 0 Å². The van der Waals surface area contributed by atoms with Crippen LogP contribution in [-0.2, 0) is 0 Å². The molecule has 0 saturated heterocycles. The topological polar surface area (TPSA) is 37.5 Å². The van der Waals surface area contributed by atoms with Crippen LogP contribution in [0.15, 0.2) is 18.5 Å². The summed E-state index contributed by atoms with van der Waals surface area (Å²) in [7, 11) is 0. The molecule has 3 nitrogen and oxygen atoms in total. The van der Waals surface area contributed by atoms with Crippen LogP contribution in [0.1, 0.15) is 31.0 Å². The van der Waals surface area contributed by atoms with Crippen LogP contribution in [0.25, 0.3) is 5.65 Å². The van der Waals surface area contributed by atoms with Crippen molar-refractivity contribution >= 4 is 5.65 Å². The molecule has 0 saturated carbocycles. The van der Waals surface area contributed by atoms with Gasteiger partial charge in [0.2, 0.25) is 0 Å². The van der Waals surface area contributed by atoms with Crippen molar-refractivity contribution in [2.75, 3.05) is 0 Å². The molecule has 2 aromatic heterocycles. The van der Waals surface area contributed by atoms with E-state index >= 15 is 0 Å². The van der Waals surface area contributed by atoms with Gasteiger partial charge in [0.05, 0.1) is 5.69 Å². The first kappa shape index (κ1) is 9.06. The molecule has 2 rings (SSSR count). The molecule has 0 unspecified atom stereocenters. The Hall–Kier alpha value is -1.51. The quantitative estimate of drug-likeness (QED) is 0.750. The summed E-state index contributed by atoms with van der Waals surface area (Å²) in [5.74, 6) is 0.631. The first-order valence-corrected chi connectivity index (χ1v) is 4.76. The van der Waals surface area contributed by atoms with Gasteiger partial charge in [0, 0.05) is 12.4 Å². The average molecular weight is 190 g/mol. The largest absolute Gasteiger partial charge is 0.504 e. The van der Waals surface area contributed by atoms with Gasteiger partial charge in [-0.05, 0) is 24.5 Å². The monoisotopic (exact) mass is 190 g/mol. The molecule has 74 valence electrons. The summed E-state index contributed by atoms with van der Waals surface area (Å²) in [4.78, 5) is 4.37. The van der Waals surface area contributed by atoms with E-state index in [0.29, 0.717) is 11.6 Å². The van der Waals surface area contributed by atoms with E-state index in [0.717, 1.165) is 11.3 Å². The van der Waals surface area contributed by atoms with Gasteiger partial charge in [-0.25, -0.2) is 4.98 Å². The number of hydrogen-bond donors (Lipinski definition) is 1. The van der Waals surface area contributed by atoms with Crippen molar-refractivity contribution in [2.45, 2.75) is 26.7 Å². The maximum atomic E-state index is 9.66. The summed E-state index contributed by atoms with van der Waals surface area (Å²) >= 11 is 0. The molecule has 0 aromatic carbocycles. The highest BCUT2D eigenvalue weighted by molar-refractivity contribution is 5.54. The molecule has 0 radical (unpaired) electrons. The third-order valence-electron chi connectivity index (χ3n) is 2.28. The van der Waals surface area contributed by atoms with Gasteiger partial charge < -0.3 is 9.51 Å².